The third-order valence-corrected chi connectivity index (χ3v) is 4.51. The highest BCUT2D eigenvalue weighted by Gasteiger charge is 2.35. The Morgan fingerprint density at radius 1 is 1.19 bits per heavy atom. The van der Waals surface area contributed by atoms with Crippen LogP contribution in [0.2, 0.25) is 0 Å². The van der Waals surface area contributed by atoms with Crippen molar-refractivity contribution in [2.45, 2.75) is 63.9 Å². The molecule has 1 aliphatic heterocycles. The number of hydrogen-bond acceptors (Lipinski definition) is 2. The van der Waals surface area contributed by atoms with Crippen molar-refractivity contribution in [1.29, 1.82) is 0 Å². The molecule has 0 aromatic rings. The van der Waals surface area contributed by atoms with E-state index in [1.165, 1.54) is 19.3 Å². The molecule has 1 heterocycles. The highest BCUT2D eigenvalue weighted by molar-refractivity contribution is 4.88. The molecular formula is C14H26O2. The molecule has 2 nitrogen and oxygen atoms in total. The number of rotatable bonds is 3. The van der Waals surface area contributed by atoms with Crippen LogP contribution in [0.3, 0.4) is 0 Å². The Balaban J connectivity index is 1.85. The van der Waals surface area contributed by atoms with E-state index in [2.05, 4.69) is 6.92 Å². The van der Waals surface area contributed by atoms with E-state index < -0.39 is 0 Å². The smallest absolute Gasteiger partial charge is 0.0653 e. The van der Waals surface area contributed by atoms with E-state index in [0.29, 0.717) is 5.92 Å². The number of aliphatic hydroxyl groups is 1. The highest BCUT2D eigenvalue weighted by Crippen LogP contribution is 2.39. The van der Waals surface area contributed by atoms with Crippen molar-refractivity contribution >= 4 is 0 Å². The summed E-state index contributed by atoms with van der Waals surface area (Å²) in [5, 5.41) is 10.7. The van der Waals surface area contributed by atoms with Crippen LogP contribution in [-0.2, 0) is 4.74 Å². The Morgan fingerprint density at radius 3 is 2.62 bits per heavy atom. The van der Waals surface area contributed by atoms with Crippen LogP contribution >= 0.6 is 0 Å². The molecule has 0 radical (unpaired) electrons. The molecule has 16 heavy (non-hydrogen) atoms. The monoisotopic (exact) mass is 226 g/mol. The number of ether oxygens (including phenoxy) is 1. The van der Waals surface area contributed by atoms with Crippen LogP contribution in [0.4, 0.5) is 0 Å². The van der Waals surface area contributed by atoms with Crippen molar-refractivity contribution in [3.63, 3.8) is 0 Å². The summed E-state index contributed by atoms with van der Waals surface area (Å²) in [5.41, 5.74) is -0.346. The molecule has 1 aliphatic carbocycles. The van der Waals surface area contributed by atoms with Gasteiger partial charge in [-0.1, -0.05) is 26.2 Å². The van der Waals surface area contributed by atoms with Gasteiger partial charge >= 0.3 is 0 Å². The molecule has 1 saturated heterocycles. The molecule has 2 fully saturated rings. The summed E-state index contributed by atoms with van der Waals surface area (Å²) in [5.74, 6) is 1.47. The molecule has 1 N–H and O–H groups in total. The molecule has 2 unspecified atom stereocenters. The molecule has 0 spiro atoms. The van der Waals surface area contributed by atoms with Gasteiger partial charge in [0.05, 0.1) is 5.60 Å². The molecule has 2 atom stereocenters. The normalized spacial score (nSPS) is 37.5. The van der Waals surface area contributed by atoms with Crippen LogP contribution in [-0.4, -0.2) is 23.9 Å². The average Bonchev–Trinajstić information content (AvgIpc) is 2.29. The van der Waals surface area contributed by atoms with Gasteiger partial charge in [0.15, 0.2) is 0 Å². The zero-order valence-electron chi connectivity index (χ0n) is 10.6. The first kappa shape index (κ1) is 12.4. The van der Waals surface area contributed by atoms with E-state index >= 15 is 0 Å². The van der Waals surface area contributed by atoms with Crippen LogP contribution < -0.4 is 0 Å². The second kappa shape index (κ2) is 5.50. The van der Waals surface area contributed by atoms with Gasteiger partial charge in [0.2, 0.25) is 0 Å². The van der Waals surface area contributed by atoms with Crippen molar-refractivity contribution in [3.05, 3.63) is 0 Å². The predicted octanol–water partition coefficient (Wildman–Crippen LogP) is 3.13. The largest absolute Gasteiger partial charge is 0.390 e. The van der Waals surface area contributed by atoms with Gasteiger partial charge in [-0.05, 0) is 43.9 Å². The molecule has 1 saturated carbocycles. The van der Waals surface area contributed by atoms with E-state index in [-0.39, 0.29) is 5.60 Å². The fraction of sp³-hybridized carbons (Fsp3) is 1.00. The summed E-state index contributed by atoms with van der Waals surface area (Å²) in [6.45, 7) is 4.06. The highest BCUT2D eigenvalue weighted by atomic mass is 16.5. The van der Waals surface area contributed by atoms with Crippen LogP contribution in [0.15, 0.2) is 0 Å². The second-order valence-electron chi connectivity index (χ2n) is 5.85. The third-order valence-electron chi connectivity index (χ3n) is 4.51. The number of hydrogen-bond donors (Lipinski definition) is 1. The quantitative estimate of drug-likeness (QED) is 0.801. The van der Waals surface area contributed by atoms with Crippen molar-refractivity contribution in [1.82, 2.24) is 0 Å². The van der Waals surface area contributed by atoms with Crippen LogP contribution in [0.1, 0.15) is 58.3 Å². The van der Waals surface area contributed by atoms with Gasteiger partial charge in [-0.3, -0.25) is 0 Å². The van der Waals surface area contributed by atoms with E-state index in [1.807, 2.05) is 0 Å². The minimum absolute atomic E-state index is 0.346. The SMILES string of the molecule is CCC1CCCC(O)(CC2CCOCC2)C1. The Bertz CT molecular complexity index is 211. The Labute approximate surface area is 99.4 Å². The zero-order valence-corrected chi connectivity index (χ0v) is 10.6. The maximum absolute atomic E-state index is 10.7. The van der Waals surface area contributed by atoms with Gasteiger partial charge in [-0.25, -0.2) is 0 Å². The van der Waals surface area contributed by atoms with E-state index in [1.54, 1.807) is 0 Å². The maximum Gasteiger partial charge on any atom is 0.0653 e. The first-order chi connectivity index (χ1) is 7.72. The molecule has 94 valence electrons. The molecular weight excluding hydrogens is 200 g/mol. The Kier molecular flexibility index (Phi) is 4.26. The fourth-order valence-electron chi connectivity index (χ4n) is 3.48. The molecule has 0 bridgehead atoms. The lowest BCUT2D eigenvalue weighted by Crippen LogP contribution is -2.38. The Morgan fingerprint density at radius 2 is 1.94 bits per heavy atom. The minimum Gasteiger partial charge on any atom is -0.390 e. The van der Waals surface area contributed by atoms with Gasteiger partial charge in [0.1, 0.15) is 0 Å². The molecule has 0 aromatic heterocycles. The Hall–Kier alpha value is -0.0800. The first-order valence-electron chi connectivity index (χ1n) is 7.02. The van der Waals surface area contributed by atoms with Crippen molar-refractivity contribution in [2.24, 2.45) is 11.8 Å². The zero-order chi connectivity index (χ0) is 11.4. The summed E-state index contributed by atoms with van der Waals surface area (Å²) in [7, 11) is 0. The molecule has 2 rings (SSSR count). The van der Waals surface area contributed by atoms with Crippen LogP contribution in [0.25, 0.3) is 0 Å². The summed E-state index contributed by atoms with van der Waals surface area (Å²) in [6.07, 6.45) is 9.17. The van der Waals surface area contributed by atoms with Gasteiger partial charge in [-0.15, -0.1) is 0 Å². The standard InChI is InChI=1S/C14H26O2/c1-2-12-4-3-7-14(15,10-12)11-13-5-8-16-9-6-13/h12-13,15H,2-11H2,1H3. The topological polar surface area (TPSA) is 29.5 Å². The van der Waals surface area contributed by atoms with Gasteiger partial charge in [-0.2, -0.15) is 0 Å². The molecule has 2 heteroatoms. The lowest BCUT2D eigenvalue weighted by molar-refractivity contribution is -0.0502. The van der Waals surface area contributed by atoms with Gasteiger partial charge in [0.25, 0.3) is 0 Å². The summed E-state index contributed by atoms with van der Waals surface area (Å²) in [6, 6.07) is 0. The predicted molar refractivity (Wildman–Crippen MR) is 65.4 cm³/mol. The van der Waals surface area contributed by atoms with E-state index in [0.717, 1.165) is 51.2 Å². The van der Waals surface area contributed by atoms with Crippen LogP contribution in [0, 0.1) is 11.8 Å². The third kappa shape index (κ3) is 3.21. The van der Waals surface area contributed by atoms with Gasteiger partial charge in [0, 0.05) is 13.2 Å². The maximum atomic E-state index is 10.7. The van der Waals surface area contributed by atoms with Crippen LogP contribution in [0.5, 0.6) is 0 Å². The average molecular weight is 226 g/mol. The van der Waals surface area contributed by atoms with Crippen molar-refractivity contribution < 1.29 is 9.84 Å². The van der Waals surface area contributed by atoms with Crippen molar-refractivity contribution in [2.75, 3.05) is 13.2 Å². The van der Waals surface area contributed by atoms with Crippen molar-refractivity contribution in [3.8, 4) is 0 Å². The van der Waals surface area contributed by atoms with E-state index in [9.17, 15) is 5.11 Å². The lowest BCUT2D eigenvalue weighted by Gasteiger charge is -2.39. The molecule has 0 amide bonds. The summed E-state index contributed by atoms with van der Waals surface area (Å²) in [4.78, 5) is 0. The van der Waals surface area contributed by atoms with E-state index in [4.69, 9.17) is 4.74 Å². The summed E-state index contributed by atoms with van der Waals surface area (Å²) < 4.78 is 5.38. The second-order valence-corrected chi connectivity index (χ2v) is 5.85. The first-order valence-corrected chi connectivity index (χ1v) is 7.02. The minimum atomic E-state index is -0.346. The fourth-order valence-corrected chi connectivity index (χ4v) is 3.48. The molecule has 0 aromatic carbocycles. The summed E-state index contributed by atoms with van der Waals surface area (Å²) >= 11 is 0. The molecule has 2 aliphatic rings. The lowest BCUT2D eigenvalue weighted by atomic mass is 9.72. The van der Waals surface area contributed by atoms with Gasteiger partial charge < -0.3 is 9.84 Å².